The van der Waals surface area contributed by atoms with Crippen LogP contribution in [-0.4, -0.2) is 25.1 Å². The van der Waals surface area contributed by atoms with Crippen LogP contribution in [0.25, 0.3) is 0 Å². The van der Waals surface area contributed by atoms with Gasteiger partial charge >= 0.3 is 11.8 Å². The lowest BCUT2D eigenvalue weighted by Crippen LogP contribution is -2.32. The number of hydrazone groups is 1. The molecule has 0 saturated heterocycles. The monoisotopic (exact) mass is 471 g/mol. The molecule has 0 unspecified atom stereocenters. The van der Waals surface area contributed by atoms with Crippen LogP contribution in [0.3, 0.4) is 0 Å². The predicted molar refractivity (Wildman–Crippen MR) is 125 cm³/mol. The van der Waals surface area contributed by atoms with Crippen LogP contribution in [0.4, 0.5) is 5.69 Å². The Bertz CT molecular complexity index is 1130. The van der Waals surface area contributed by atoms with E-state index in [1.165, 1.54) is 13.3 Å². The molecule has 0 heterocycles. The summed E-state index contributed by atoms with van der Waals surface area (Å²) in [5.41, 5.74) is 4.10. The van der Waals surface area contributed by atoms with E-state index in [0.29, 0.717) is 39.4 Å². The molecular weight excluding hydrogens is 453 g/mol. The fourth-order valence-corrected chi connectivity index (χ4v) is 2.97. The number of para-hydroxylation sites is 2. The third-order valence-corrected chi connectivity index (χ3v) is 4.75. The Hall–Kier alpha value is -3.55. The molecule has 0 fully saturated rings. The van der Waals surface area contributed by atoms with Gasteiger partial charge in [0.05, 0.1) is 24.0 Å². The summed E-state index contributed by atoms with van der Waals surface area (Å²) < 4.78 is 10.8. The summed E-state index contributed by atoms with van der Waals surface area (Å²) >= 11 is 12.1. The molecule has 0 aliphatic heterocycles. The van der Waals surface area contributed by atoms with Gasteiger partial charge < -0.3 is 14.8 Å². The van der Waals surface area contributed by atoms with Gasteiger partial charge in [0.25, 0.3) is 0 Å². The van der Waals surface area contributed by atoms with Crippen LogP contribution in [0, 0.1) is 0 Å². The van der Waals surface area contributed by atoms with E-state index in [1.54, 1.807) is 54.6 Å². The highest BCUT2D eigenvalue weighted by Gasteiger charge is 2.15. The number of carbonyl (C=O) groups is 2. The molecule has 0 atom stereocenters. The molecule has 3 aromatic rings. The molecule has 0 aromatic heterocycles. The van der Waals surface area contributed by atoms with Gasteiger partial charge in [-0.1, -0.05) is 47.5 Å². The number of methoxy groups -OCH3 is 1. The van der Waals surface area contributed by atoms with E-state index in [-0.39, 0.29) is 0 Å². The number of nitrogens with one attached hydrogen (secondary N) is 2. The van der Waals surface area contributed by atoms with Gasteiger partial charge in [-0.25, -0.2) is 5.43 Å². The van der Waals surface area contributed by atoms with Gasteiger partial charge in [-0.2, -0.15) is 5.10 Å². The number of benzene rings is 3. The van der Waals surface area contributed by atoms with Crippen molar-refractivity contribution in [3.8, 4) is 11.5 Å². The summed E-state index contributed by atoms with van der Waals surface area (Å²) in [6, 6.07) is 19.1. The second kappa shape index (κ2) is 11.2. The summed E-state index contributed by atoms with van der Waals surface area (Å²) in [5.74, 6) is -0.874. The van der Waals surface area contributed by atoms with Crippen LogP contribution in [0.15, 0.2) is 71.8 Å². The van der Waals surface area contributed by atoms with E-state index in [1.807, 2.05) is 12.1 Å². The zero-order valence-electron chi connectivity index (χ0n) is 17.0. The Balaban J connectivity index is 1.53. The minimum Gasteiger partial charge on any atom is -0.495 e. The average Bonchev–Trinajstić information content (AvgIpc) is 2.80. The van der Waals surface area contributed by atoms with Crippen molar-refractivity contribution in [2.75, 3.05) is 12.4 Å². The fourth-order valence-electron chi connectivity index (χ4n) is 2.60. The topological polar surface area (TPSA) is 89.0 Å². The van der Waals surface area contributed by atoms with E-state index in [9.17, 15) is 9.59 Å². The highest BCUT2D eigenvalue weighted by atomic mass is 35.5. The maximum Gasteiger partial charge on any atom is 0.329 e. The number of hydrogen-bond donors (Lipinski definition) is 2. The van der Waals surface area contributed by atoms with Crippen molar-refractivity contribution >= 4 is 46.9 Å². The first-order chi connectivity index (χ1) is 15.5. The lowest BCUT2D eigenvalue weighted by Gasteiger charge is -2.09. The number of anilines is 1. The summed E-state index contributed by atoms with van der Waals surface area (Å²) in [6.45, 7) is 0.335. The molecule has 7 nitrogen and oxygen atoms in total. The Morgan fingerprint density at radius 1 is 0.969 bits per heavy atom. The van der Waals surface area contributed by atoms with E-state index < -0.39 is 11.8 Å². The zero-order valence-corrected chi connectivity index (χ0v) is 18.5. The van der Waals surface area contributed by atoms with Crippen LogP contribution in [-0.2, 0) is 16.2 Å². The minimum absolute atomic E-state index is 0.335. The van der Waals surface area contributed by atoms with Gasteiger partial charge in [0.1, 0.15) is 18.1 Å². The quantitative estimate of drug-likeness (QED) is 0.297. The summed E-state index contributed by atoms with van der Waals surface area (Å²) in [6.07, 6.45) is 1.36. The van der Waals surface area contributed by atoms with Crippen molar-refractivity contribution in [1.29, 1.82) is 0 Å². The first-order valence-electron chi connectivity index (χ1n) is 9.40. The molecule has 0 saturated carbocycles. The first kappa shape index (κ1) is 23.1. The van der Waals surface area contributed by atoms with Crippen molar-refractivity contribution < 1.29 is 19.1 Å². The second-order valence-electron chi connectivity index (χ2n) is 6.46. The largest absolute Gasteiger partial charge is 0.495 e. The van der Waals surface area contributed by atoms with Crippen molar-refractivity contribution in [2.24, 2.45) is 5.10 Å². The summed E-state index contributed by atoms with van der Waals surface area (Å²) in [5, 5.41) is 7.28. The van der Waals surface area contributed by atoms with Crippen LogP contribution in [0.2, 0.25) is 10.0 Å². The number of amides is 2. The third-order valence-electron chi connectivity index (χ3n) is 4.20. The lowest BCUT2D eigenvalue weighted by molar-refractivity contribution is -0.136. The van der Waals surface area contributed by atoms with E-state index >= 15 is 0 Å². The summed E-state index contributed by atoms with van der Waals surface area (Å²) in [4.78, 5) is 24.0. The van der Waals surface area contributed by atoms with Gasteiger partial charge in [0.2, 0.25) is 0 Å². The van der Waals surface area contributed by atoms with Gasteiger partial charge in [0, 0.05) is 5.02 Å². The normalized spacial score (nSPS) is 10.6. The van der Waals surface area contributed by atoms with Crippen LogP contribution in [0.1, 0.15) is 11.1 Å². The van der Waals surface area contributed by atoms with Gasteiger partial charge in [0.15, 0.2) is 0 Å². The standard InChI is InChI=1S/C23H19Cl2N3O4/c1-31-21-5-3-2-4-19(21)27-22(29)23(30)28-26-13-16-8-11-20(18(25)12-16)32-14-15-6-9-17(24)10-7-15/h2-13H,14H2,1H3,(H,27,29)(H,28,30)/b26-13-. The van der Waals surface area contributed by atoms with Gasteiger partial charge in [-0.05, 0) is 53.6 Å². The Morgan fingerprint density at radius 2 is 1.72 bits per heavy atom. The Kier molecular flexibility index (Phi) is 8.08. The number of ether oxygens (including phenoxy) is 2. The zero-order chi connectivity index (χ0) is 22.9. The molecule has 0 radical (unpaired) electrons. The molecule has 32 heavy (non-hydrogen) atoms. The Labute approximate surface area is 194 Å². The van der Waals surface area contributed by atoms with Crippen molar-refractivity contribution in [2.45, 2.75) is 6.61 Å². The molecule has 164 valence electrons. The minimum atomic E-state index is -0.929. The molecule has 0 bridgehead atoms. The highest BCUT2D eigenvalue weighted by molar-refractivity contribution is 6.39. The van der Waals surface area contributed by atoms with Gasteiger partial charge in [-0.3, -0.25) is 9.59 Å². The highest BCUT2D eigenvalue weighted by Crippen LogP contribution is 2.26. The Morgan fingerprint density at radius 3 is 2.44 bits per heavy atom. The lowest BCUT2D eigenvalue weighted by atomic mass is 10.2. The van der Waals surface area contributed by atoms with Crippen LogP contribution in [0.5, 0.6) is 11.5 Å². The maximum atomic E-state index is 12.0. The molecule has 3 rings (SSSR count). The van der Waals surface area contributed by atoms with Crippen molar-refractivity contribution in [3.05, 3.63) is 87.9 Å². The fraction of sp³-hybridized carbons (Fsp3) is 0.0870. The van der Waals surface area contributed by atoms with Gasteiger partial charge in [-0.15, -0.1) is 0 Å². The molecule has 2 amide bonds. The smallest absolute Gasteiger partial charge is 0.329 e. The maximum absolute atomic E-state index is 12.0. The molecule has 2 N–H and O–H groups in total. The van der Waals surface area contributed by atoms with Crippen molar-refractivity contribution in [3.63, 3.8) is 0 Å². The molecule has 3 aromatic carbocycles. The number of hydrogen-bond acceptors (Lipinski definition) is 5. The SMILES string of the molecule is COc1ccccc1NC(=O)C(=O)N/N=C\c1ccc(OCc2ccc(Cl)cc2)c(Cl)c1. The molecule has 9 heteroatoms. The first-order valence-corrected chi connectivity index (χ1v) is 10.2. The van der Waals surface area contributed by atoms with Crippen LogP contribution >= 0.6 is 23.2 Å². The van der Waals surface area contributed by atoms with Crippen molar-refractivity contribution in [1.82, 2.24) is 5.43 Å². The third kappa shape index (κ3) is 6.47. The molecule has 0 aliphatic rings. The van der Waals surface area contributed by atoms with E-state index in [4.69, 9.17) is 32.7 Å². The number of carbonyl (C=O) groups excluding carboxylic acids is 2. The predicted octanol–water partition coefficient (Wildman–Crippen LogP) is 4.67. The molecule has 0 aliphatic carbocycles. The average molecular weight is 472 g/mol. The van der Waals surface area contributed by atoms with E-state index in [0.717, 1.165) is 5.56 Å². The second-order valence-corrected chi connectivity index (χ2v) is 7.30. The van der Waals surface area contributed by atoms with Crippen LogP contribution < -0.4 is 20.2 Å². The molecular formula is C23H19Cl2N3O4. The summed E-state index contributed by atoms with van der Waals surface area (Å²) in [7, 11) is 1.47. The number of rotatable bonds is 7. The van der Waals surface area contributed by atoms with E-state index in [2.05, 4.69) is 15.8 Å². The molecule has 0 spiro atoms. The number of halogens is 2. The number of nitrogens with zero attached hydrogens (tertiary/aromatic N) is 1.